The van der Waals surface area contributed by atoms with Crippen LogP contribution < -0.4 is 5.32 Å². The van der Waals surface area contributed by atoms with Crippen molar-refractivity contribution >= 4 is 23.8 Å². The second-order valence-corrected chi connectivity index (χ2v) is 8.28. The van der Waals surface area contributed by atoms with Gasteiger partial charge in [0.1, 0.15) is 6.04 Å². The zero-order chi connectivity index (χ0) is 24.4. The van der Waals surface area contributed by atoms with Gasteiger partial charge in [-0.25, -0.2) is 0 Å². The molecule has 5 atom stereocenters. The summed E-state index contributed by atoms with van der Waals surface area (Å²) < 4.78 is 33.6. The minimum Gasteiger partial charge on any atom is -0.466 e. The van der Waals surface area contributed by atoms with E-state index in [4.69, 9.17) is 28.4 Å². The van der Waals surface area contributed by atoms with E-state index < -0.39 is 42.1 Å². The zero-order valence-corrected chi connectivity index (χ0v) is 19.8. The quantitative estimate of drug-likeness (QED) is 0.234. The van der Waals surface area contributed by atoms with E-state index in [1.165, 1.54) is 20.8 Å². The number of hydrogen-bond acceptors (Lipinski definition) is 10. The van der Waals surface area contributed by atoms with E-state index in [9.17, 15) is 19.2 Å². The topological polar surface area (TPSA) is 136 Å². The molecule has 2 fully saturated rings. The number of carbonyl (C=O) groups is 4. The lowest BCUT2D eigenvalue weighted by Gasteiger charge is -2.45. The summed E-state index contributed by atoms with van der Waals surface area (Å²) in [5.74, 6) is -1.81. The van der Waals surface area contributed by atoms with Crippen molar-refractivity contribution in [2.24, 2.45) is 0 Å². The minimum absolute atomic E-state index is 0.00689. The van der Waals surface area contributed by atoms with E-state index >= 15 is 0 Å². The van der Waals surface area contributed by atoms with Crippen LogP contribution in [0.2, 0.25) is 0 Å². The van der Waals surface area contributed by atoms with Crippen molar-refractivity contribution in [1.82, 2.24) is 5.32 Å². The molecule has 0 saturated carbocycles. The summed E-state index contributed by atoms with van der Waals surface area (Å²) in [6.45, 7) is 6.59. The Morgan fingerprint density at radius 3 is 2.36 bits per heavy atom. The van der Waals surface area contributed by atoms with Gasteiger partial charge in [0.25, 0.3) is 0 Å². The van der Waals surface area contributed by atoms with Gasteiger partial charge in [-0.15, -0.1) is 0 Å². The second-order valence-electron chi connectivity index (χ2n) is 8.28. The third kappa shape index (κ3) is 7.94. The Morgan fingerprint density at radius 1 is 1.00 bits per heavy atom. The molecule has 33 heavy (non-hydrogen) atoms. The third-order valence-electron chi connectivity index (χ3n) is 5.30. The van der Waals surface area contributed by atoms with Gasteiger partial charge in [0.05, 0.1) is 19.8 Å². The molecule has 0 aromatic heterocycles. The first-order chi connectivity index (χ1) is 15.7. The highest BCUT2D eigenvalue weighted by Crippen LogP contribution is 2.40. The van der Waals surface area contributed by atoms with E-state index in [0.717, 1.165) is 12.8 Å². The molecule has 188 valence electrons. The zero-order valence-electron chi connectivity index (χ0n) is 19.8. The fraction of sp³-hybridized carbons (Fsp3) is 0.818. The lowest BCUT2D eigenvalue weighted by Crippen LogP contribution is -2.68. The largest absolute Gasteiger partial charge is 0.466 e. The van der Waals surface area contributed by atoms with Crippen LogP contribution in [-0.4, -0.2) is 80.4 Å². The molecule has 2 aliphatic heterocycles. The van der Waals surface area contributed by atoms with Crippen molar-refractivity contribution < 1.29 is 47.6 Å². The van der Waals surface area contributed by atoms with Gasteiger partial charge in [0.15, 0.2) is 24.1 Å². The van der Waals surface area contributed by atoms with E-state index in [1.54, 1.807) is 0 Å². The molecule has 0 spiro atoms. The third-order valence-corrected chi connectivity index (χ3v) is 5.30. The fourth-order valence-electron chi connectivity index (χ4n) is 3.83. The van der Waals surface area contributed by atoms with Crippen LogP contribution in [0.1, 0.15) is 59.8 Å². The van der Waals surface area contributed by atoms with Crippen LogP contribution in [0, 0.1) is 0 Å². The lowest BCUT2D eigenvalue weighted by atomic mass is 9.87. The molecule has 2 aliphatic rings. The Bertz CT molecular complexity index is 699. The number of rotatable bonds is 13. The Hall–Kier alpha value is -2.24. The molecule has 0 unspecified atom stereocenters. The SMILES string of the molecule is CCCCOC(=O)CCCCOC[C@@]12CO[C@@H](O1)[C@H](NC(C)=O)[C@@H](OC(C)=O)[C@H]2OC(C)=O. The molecule has 0 radical (unpaired) electrons. The average molecular weight is 474 g/mol. The molecule has 0 aromatic carbocycles. The van der Waals surface area contributed by atoms with Crippen molar-refractivity contribution in [2.75, 3.05) is 26.4 Å². The molecule has 0 aromatic rings. The van der Waals surface area contributed by atoms with Gasteiger partial charge in [-0.3, -0.25) is 19.2 Å². The van der Waals surface area contributed by atoms with Gasteiger partial charge < -0.3 is 33.7 Å². The molecular weight excluding hydrogens is 438 g/mol. The molecule has 2 bridgehead atoms. The molecule has 11 nitrogen and oxygen atoms in total. The van der Waals surface area contributed by atoms with E-state index in [2.05, 4.69) is 5.32 Å². The Morgan fingerprint density at radius 2 is 1.73 bits per heavy atom. The highest BCUT2D eigenvalue weighted by Gasteiger charge is 2.63. The summed E-state index contributed by atoms with van der Waals surface area (Å²) in [6, 6.07) is -0.856. The first kappa shape index (κ1) is 27.0. The van der Waals surface area contributed by atoms with Crippen LogP contribution in [0.15, 0.2) is 0 Å². The second kappa shape index (κ2) is 12.9. The standard InChI is InChI=1S/C22H35NO10/c1-5-6-11-29-17(27)9-7-8-10-28-12-22-13-30-21(33-22)18(23-14(2)24)19(31-15(3)25)20(22)32-16(4)26/h18-21H,5-13H2,1-4H3,(H,23,24)/t18-,19-,20-,21+,22+/m1/s1. The molecular formula is C22H35NO10. The van der Waals surface area contributed by atoms with Crippen molar-refractivity contribution in [3.63, 3.8) is 0 Å². The van der Waals surface area contributed by atoms with Gasteiger partial charge in [-0.05, 0) is 19.3 Å². The normalized spacial score (nSPS) is 28.1. The highest BCUT2D eigenvalue weighted by molar-refractivity contribution is 5.73. The summed E-state index contributed by atoms with van der Waals surface area (Å²) in [5, 5.41) is 2.66. The Labute approximate surface area is 193 Å². The van der Waals surface area contributed by atoms with Crippen LogP contribution in [0.25, 0.3) is 0 Å². The molecule has 1 N–H and O–H groups in total. The summed E-state index contributed by atoms with van der Waals surface area (Å²) in [7, 11) is 0. The van der Waals surface area contributed by atoms with Gasteiger partial charge in [-0.2, -0.15) is 0 Å². The molecule has 0 aliphatic carbocycles. The molecule has 2 heterocycles. The van der Waals surface area contributed by atoms with Crippen molar-refractivity contribution in [3.05, 3.63) is 0 Å². The van der Waals surface area contributed by atoms with Crippen LogP contribution in [0.5, 0.6) is 0 Å². The van der Waals surface area contributed by atoms with Crippen LogP contribution in [0.4, 0.5) is 0 Å². The van der Waals surface area contributed by atoms with Crippen molar-refractivity contribution in [3.8, 4) is 0 Å². The predicted molar refractivity (Wildman–Crippen MR) is 113 cm³/mol. The smallest absolute Gasteiger partial charge is 0.305 e. The number of unbranched alkanes of at least 4 members (excludes halogenated alkanes) is 2. The Kier molecular flexibility index (Phi) is 10.5. The maximum absolute atomic E-state index is 11.8. The van der Waals surface area contributed by atoms with Gasteiger partial charge in [0.2, 0.25) is 5.91 Å². The van der Waals surface area contributed by atoms with Crippen molar-refractivity contribution in [2.45, 2.75) is 89.9 Å². The number of esters is 3. The highest BCUT2D eigenvalue weighted by atomic mass is 16.8. The number of carbonyl (C=O) groups excluding carboxylic acids is 4. The average Bonchev–Trinajstić information content (AvgIpc) is 3.12. The number of amides is 1. The predicted octanol–water partition coefficient (Wildman–Crippen LogP) is 1.01. The molecule has 2 saturated heterocycles. The monoisotopic (exact) mass is 473 g/mol. The maximum Gasteiger partial charge on any atom is 0.305 e. The van der Waals surface area contributed by atoms with Crippen LogP contribution >= 0.6 is 0 Å². The number of nitrogens with one attached hydrogen (secondary N) is 1. The Balaban J connectivity index is 1.97. The first-order valence-electron chi connectivity index (χ1n) is 11.3. The molecule has 2 rings (SSSR count). The van der Waals surface area contributed by atoms with E-state index in [-0.39, 0.29) is 25.1 Å². The van der Waals surface area contributed by atoms with E-state index in [1.807, 2.05) is 6.92 Å². The lowest BCUT2D eigenvalue weighted by molar-refractivity contribution is -0.251. The minimum atomic E-state index is -1.20. The maximum atomic E-state index is 11.8. The van der Waals surface area contributed by atoms with Crippen molar-refractivity contribution in [1.29, 1.82) is 0 Å². The van der Waals surface area contributed by atoms with E-state index in [0.29, 0.717) is 32.5 Å². The number of fused-ring (bicyclic) bond motifs is 2. The van der Waals surface area contributed by atoms with Gasteiger partial charge in [-0.1, -0.05) is 13.3 Å². The summed E-state index contributed by atoms with van der Waals surface area (Å²) in [6.07, 6.45) is 0.375. The van der Waals surface area contributed by atoms with Gasteiger partial charge >= 0.3 is 17.9 Å². The molecule has 1 amide bonds. The van der Waals surface area contributed by atoms with Crippen LogP contribution in [0.3, 0.4) is 0 Å². The molecule has 11 heteroatoms. The number of hydrogen-bond donors (Lipinski definition) is 1. The van der Waals surface area contributed by atoms with Gasteiger partial charge in [0, 0.05) is 33.8 Å². The summed E-state index contributed by atoms with van der Waals surface area (Å²) in [5.41, 5.74) is -1.20. The fourth-order valence-corrected chi connectivity index (χ4v) is 3.83. The first-order valence-corrected chi connectivity index (χ1v) is 11.3. The summed E-state index contributed by atoms with van der Waals surface area (Å²) in [4.78, 5) is 46.9. The summed E-state index contributed by atoms with van der Waals surface area (Å²) >= 11 is 0. The van der Waals surface area contributed by atoms with Crippen LogP contribution in [-0.2, 0) is 47.6 Å². The number of ether oxygens (including phenoxy) is 6.